The van der Waals surface area contributed by atoms with Crippen LogP contribution in [0.5, 0.6) is 0 Å². The highest BCUT2D eigenvalue weighted by molar-refractivity contribution is 6.35. The zero-order valence-corrected chi connectivity index (χ0v) is 21.7. The summed E-state index contributed by atoms with van der Waals surface area (Å²) in [6.45, 7) is 7.15. The SMILES string of the molecule is CC(C)COC(=O)C(=O)N[C@H](Cc1ccc(-c2cc(Cl)ccc2Cl)cc1)C[C@@H](O)C(=O)OC(C)C. The van der Waals surface area contributed by atoms with E-state index >= 15 is 0 Å². The molecule has 0 radical (unpaired) electrons. The van der Waals surface area contributed by atoms with Crippen molar-refractivity contribution >= 4 is 41.0 Å². The van der Waals surface area contributed by atoms with Crippen LogP contribution >= 0.6 is 23.2 Å². The summed E-state index contributed by atoms with van der Waals surface area (Å²) < 4.78 is 10.0. The van der Waals surface area contributed by atoms with Crippen molar-refractivity contribution in [2.75, 3.05) is 6.61 Å². The molecule has 0 aliphatic carbocycles. The minimum absolute atomic E-state index is 0.0710. The van der Waals surface area contributed by atoms with Gasteiger partial charge >= 0.3 is 17.8 Å². The monoisotopic (exact) mass is 523 g/mol. The first-order valence-electron chi connectivity index (χ1n) is 11.4. The van der Waals surface area contributed by atoms with E-state index in [1.54, 1.807) is 32.0 Å². The Bertz CT molecular complexity index is 1020. The fraction of sp³-hybridized carbons (Fsp3) is 0.423. The topological polar surface area (TPSA) is 102 Å². The number of hydrogen-bond acceptors (Lipinski definition) is 6. The molecule has 2 aromatic carbocycles. The number of nitrogens with one attached hydrogen (secondary N) is 1. The summed E-state index contributed by atoms with van der Waals surface area (Å²) in [6.07, 6.45) is -1.77. The summed E-state index contributed by atoms with van der Waals surface area (Å²) in [4.78, 5) is 36.5. The van der Waals surface area contributed by atoms with Crippen LogP contribution in [0.1, 0.15) is 39.7 Å². The Hall–Kier alpha value is -2.61. The van der Waals surface area contributed by atoms with Crippen LogP contribution in [0, 0.1) is 5.92 Å². The van der Waals surface area contributed by atoms with Gasteiger partial charge < -0.3 is 19.9 Å². The van der Waals surface area contributed by atoms with Crippen LogP contribution in [0.15, 0.2) is 42.5 Å². The van der Waals surface area contributed by atoms with Gasteiger partial charge in [-0.2, -0.15) is 0 Å². The van der Waals surface area contributed by atoms with Crippen molar-refractivity contribution < 1.29 is 29.0 Å². The molecule has 2 rings (SSSR count). The van der Waals surface area contributed by atoms with Crippen LogP contribution in [0.3, 0.4) is 0 Å². The molecule has 0 fully saturated rings. The summed E-state index contributed by atoms with van der Waals surface area (Å²) in [5.74, 6) is -2.69. The summed E-state index contributed by atoms with van der Waals surface area (Å²) in [5, 5.41) is 14.0. The first kappa shape index (κ1) is 28.6. The van der Waals surface area contributed by atoms with Gasteiger partial charge in [0.05, 0.1) is 12.7 Å². The second-order valence-corrected chi connectivity index (χ2v) is 9.77. The molecular formula is C26H31Cl2NO6. The molecule has 0 saturated heterocycles. The lowest BCUT2D eigenvalue weighted by atomic mass is 9.97. The van der Waals surface area contributed by atoms with Crippen molar-refractivity contribution in [3.63, 3.8) is 0 Å². The molecule has 0 heterocycles. The van der Waals surface area contributed by atoms with E-state index in [1.165, 1.54) is 0 Å². The molecule has 9 heteroatoms. The maximum atomic E-state index is 12.4. The second-order valence-electron chi connectivity index (χ2n) is 8.93. The van der Waals surface area contributed by atoms with E-state index in [-0.39, 0.29) is 25.4 Å². The van der Waals surface area contributed by atoms with E-state index in [2.05, 4.69) is 5.32 Å². The van der Waals surface area contributed by atoms with Crippen molar-refractivity contribution in [2.45, 2.75) is 58.8 Å². The number of benzene rings is 2. The van der Waals surface area contributed by atoms with Gasteiger partial charge in [0.2, 0.25) is 0 Å². The Morgan fingerprint density at radius 2 is 1.66 bits per heavy atom. The fourth-order valence-electron chi connectivity index (χ4n) is 3.25. The van der Waals surface area contributed by atoms with Crippen LogP contribution in [0.25, 0.3) is 11.1 Å². The number of carbonyl (C=O) groups is 3. The molecule has 0 saturated carbocycles. The van der Waals surface area contributed by atoms with Crippen LogP contribution < -0.4 is 5.32 Å². The average molecular weight is 524 g/mol. The quantitative estimate of drug-likeness (QED) is 0.348. The maximum Gasteiger partial charge on any atom is 0.396 e. The molecule has 2 aromatic rings. The van der Waals surface area contributed by atoms with Crippen LogP contribution in [-0.2, 0) is 30.3 Å². The van der Waals surface area contributed by atoms with Crippen molar-refractivity contribution in [3.05, 3.63) is 58.1 Å². The van der Waals surface area contributed by atoms with Crippen molar-refractivity contribution in [1.82, 2.24) is 5.32 Å². The lowest BCUT2D eigenvalue weighted by Crippen LogP contribution is -2.44. The van der Waals surface area contributed by atoms with Crippen LogP contribution in [0.4, 0.5) is 0 Å². The summed E-state index contributed by atoms with van der Waals surface area (Å²) >= 11 is 12.4. The number of esters is 2. The molecule has 0 aliphatic heterocycles. The molecule has 0 bridgehead atoms. The number of hydrogen-bond donors (Lipinski definition) is 2. The van der Waals surface area contributed by atoms with Gasteiger partial charge in [-0.25, -0.2) is 9.59 Å². The fourth-order valence-corrected chi connectivity index (χ4v) is 3.64. The predicted molar refractivity (Wildman–Crippen MR) is 135 cm³/mol. The molecule has 0 unspecified atom stereocenters. The third-order valence-electron chi connectivity index (χ3n) is 4.88. The molecule has 1 amide bonds. The number of aliphatic hydroxyl groups is 1. The van der Waals surface area contributed by atoms with Gasteiger partial charge in [0, 0.05) is 28.1 Å². The largest absolute Gasteiger partial charge is 0.461 e. The Morgan fingerprint density at radius 3 is 2.26 bits per heavy atom. The summed E-state index contributed by atoms with van der Waals surface area (Å²) in [6, 6.07) is 11.8. The van der Waals surface area contributed by atoms with E-state index < -0.39 is 36.1 Å². The highest BCUT2D eigenvalue weighted by Crippen LogP contribution is 2.30. The molecule has 0 spiro atoms. The highest BCUT2D eigenvalue weighted by Gasteiger charge is 2.27. The average Bonchev–Trinajstić information content (AvgIpc) is 2.79. The van der Waals surface area contributed by atoms with Gasteiger partial charge in [-0.1, -0.05) is 61.3 Å². The van der Waals surface area contributed by atoms with Gasteiger partial charge in [0.15, 0.2) is 6.10 Å². The molecular weight excluding hydrogens is 493 g/mol. The highest BCUT2D eigenvalue weighted by atomic mass is 35.5. The Balaban J connectivity index is 2.17. The predicted octanol–water partition coefficient (Wildman–Crippen LogP) is 4.59. The molecule has 7 nitrogen and oxygen atoms in total. The number of ether oxygens (including phenoxy) is 2. The number of rotatable bonds is 10. The van der Waals surface area contributed by atoms with Crippen molar-refractivity contribution in [1.29, 1.82) is 0 Å². The first-order chi connectivity index (χ1) is 16.5. The zero-order valence-electron chi connectivity index (χ0n) is 20.2. The van der Waals surface area contributed by atoms with E-state index in [4.69, 9.17) is 32.7 Å². The smallest absolute Gasteiger partial charge is 0.396 e. The zero-order chi connectivity index (χ0) is 26.1. The lowest BCUT2D eigenvalue weighted by molar-refractivity contribution is -0.158. The maximum absolute atomic E-state index is 12.4. The summed E-state index contributed by atoms with van der Waals surface area (Å²) in [5.41, 5.74) is 2.42. The number of carbonyl (C=O) groups excluding carboxylic acids is 3. The van der Waals surface area contributed by atoms with Gasteiger partial charge in [0.1, 0.15) is 0 Å². The van der Waals surface area contributed by atoms with Crippen LogP contribution in [0.2, 0.25) is 10.0 Å². The van der Waals surface area contributed by atoms with Gasteiger partial charge in [0.25, 0.3) is 0 Å². The molecule has 0 aromatic heterocycles. The lowest BCUT2D eigenvalue weighted by Gasteiger charge is -2.22. The van der Waals surface area contributed by atoms with Crippen molar-refractivity contribution in [2.24, 2.45) is 5.92 Å². The third kappa shape index (κ3) is 9.51. The van der Waals surface area contributed by atoms with E-state index in [9.17, 15) is 19.5 Å². The summed E-state index contributed by atoms with van der Waals surface area (Å²) in [7, 11) is 0. The van der Waals surface area contributed by atoms with Crippen molar-refractivity contribution in [3.8, 4) is 11.1 Å². The Kier molecular flexibility index (Phi) is 11.0. The standard InChI is InChI=1S/C26H31Cl2NO6/c1-15(2)14-34-26(33)24(31)29-20(13-23(30)25(32)35-16(3)4)11-17-5-7-18(8-6-17)21-12-19(27)9-10-22(21)28/h5-10,12,15-16,20,23,30H,11,13-14H2,1-4H3,(H,29,31)/t20-,23-/m1/s1. The third-order valence-corrected chi connectivity index (χ3v) is 5.44. The van der Waals surface area contributed by atoms with E-state index in [1.807, 2.05) is 38.1 Å². The number of aliphatic hydroxyl groups excluding tert-OH is 1. The minimum atomic E-state index is -1.47. The second kappa shape index (κ2) is 13.5. The molecule has 190 valence electrons. The van der Waals surface area contributed by atoms with Gasteiger partial charge in [-0.15, -0.1) is 0 Å². The molecule has 2 atom stereocenters. The molecule has 2 N–H and O–H groups in total. The van der Waals surface area contributed by atoms with Gasteiger partial charge in [-0.3, -0.25) is 4.79 Å². The first-order valence-corrected chi connectivity index (χ1v) is 12.1. The van der Waals surface area contributed by atoms with E-state index in [0.717, 1.165) is 16.7 Å². The molecule has 35 heavy (non-hydrogen) atoms. The normalized spacial score (nSPS) is 12.8. The minimum Gasteiger partial charge on any atom is -0.461 e. The Morgan fingerprint density at radius 1 is 1.00 bits per heavy atom. The number of amides is 1. The molecule has 0 aliphatic rings. The van der Waals surface area contributed by atoms with Gasteiger partial charge in [-0.05, 0) is 55.5 Å². The van der Waals surface area contributed by atoms with E-state index in [0.29, 0.717) is 10.0 Å². The number of halogens is 2. The Labute approximate surface area is 215 Å². The van der Waals surface area contributed by atoms with Crippen LogP contribution in [-0.4, -0.2) is 47.8 Å².